The van der Waals surface area contributed by atoms with E-state index < -0.39 is 0 Å². The first-order valence-corrected chi connectivity index (χ1v) is 6.27. The second-order valence-electron chi connectivity index (χ2n) is 4.42. The Bertz CT molecular complexity index is 376. The van der Waals surface area contributed by atoms with E-state index in [0.717, 1.165) is 5.75 Å². The smallest absolute Gasteiger partial charge is 0.137 e. The van der Waals surface area contributed by atoms with Crippen LogP contribution in [0, 0.1) is 11.3 Å². The van der Waals surface area contributed by atoms with Crippen molar-refractivity contribution in [1.82, 2.24) is 0 Å². The van der Waals surface area contributed by atoms with Gasteiger partial charge in [-0.25, -0.2) is 0 Å². The second kappa shape index (κ2) is 5.81. The van der Waals surface area contributed by atoms with Crippen molar-refractivity contribution in [1.29, 1.82) is 5.26 Å². The minimum atomic E-state index is 0.262. The molecule has 16 heavy (non-hydrogen) atoms. The Morgan fingerprint density at radius 1 is 1.31 bits per heavy atom. The van der Waals surface area contributed by atoms with Crippen LogP contribution in [0.1, 0.15) is 26.3 Å². The van der Waals surface area contributed by atoms with Crippen molar-refractivity contribution >= 4 is 11.8 Å². The Morgan fingerprint density at radius 3 is 2.62 bits per heavy atom. The van der Waals surface area contributed by atoms with Crippen LogP contribution in [-0.4, -0.2) is 17.1 Å². The SMILES string of the molecule is CC(C)(C)SCCOc1ccccc1C#N. The third-order valence-electron chi connectivity index (χ3n) is 1.88. The molecule has 0 aliphatic carbocycles. The van der Waals surface area contributed by atoms with Crippen LogP contribution in [0.3, 0.4) is 0 Å². The molecule has 0 heterocycles. The minimum Gasteiger partial charge on any atom is -0.491 e. The van der Waals surface area contributed by atoms with Crippen LogP contribution >= 0.6 is 11.8 Å². The number of hydrogen-bond donors (Lipinski definition) is 0. The van der Waals surface area contributed by atoms with Crippen molar-refractivity contribution in [2.45, 2.75) is 25.5 Å². The molecule has 0 amide bonds. The maximum absolute atomic E-state index is 8.87. The van der Waals surface area contributed by atoms with E-state index in [9.17, 15) is 0 Å². The van der Waals surface area contributed by atoms with Gasteiger partial charge in [-0.1, -0.05) is 32.9 Å². The summed E-state index contributed by atoms with van der Waals surface area (Å²) in [4.78, 5) is 0. The van der Waals surface area contributed by atoms with Gasteiger partial charge in [0, 0.05) is 10.5 Å². The highest BCUT2D eigenvalue weighted by molar-refractivity contribution is 8.00. The molecule has 3 heteroatoms. The van der Waals surface area contributed by atoms with Gasteiger partial charge in [-0.3, -0.25) is 0 Å². The van der Waals surface area contributed by atoms with Crippen molar-refractivity contribution in [3.05, 3.63) is 29.8 Å². The molecule has 1 aromatic rings. The summed E-state index contributed by atoms with van der Waals surface area (Å²) in [5.74, 6) is 1.61. The Labute approximate surface area is 102 Å². The van der Waals surface area contributed by atoms with E-state index in [4.69, 9.17) is 10.00 Å². The Kier molecular flexibility index (Phi) is 4.70. The maximum atomic E-state index is 8.87. The topological polar surface area (TPSA) is 33.0 Å². The monoisotopic (exact) mass is 235 g/mol. The van der Waals surface area contributed by atoms with Gasteiger partial charge in [0.25, 0.3) is 0 Å². The largest absolute Gasteiger partial charge is 0.491 e. The summed E-state index contributed by atoms with van der Waals surface area (Å²) in [6, 6.07) is 9.45. The summed E-state index contributed by atoms with van der Waals surface area (Å²) in [5, 5.41) is 8.87. The third kappa shape index (κ3) is 4.59. The van der Waals surface area contributed by atoms with Gasteiger partial charge in [0.05, 0.1) is 12.2 Å². The molecule has 0 radical (unpaired) electrons. The molecular formula is C13H17NOS. The van der Waals surface area contributed by atoms with Crippen molar-refractivity contribution in [3.8, 4) is 11.8 Å². The lowest BCUT2D eigenvalue weighted by atomic mass is 10.2. The van der Waals surface area contributed by atoms with Crippen molar-refractivity contribution < 1.29 is 4.74 Å². The molecule has 0 aliphatic rings. The van der Waals surface area contributed by atoms with E-state index in [1.807, 2.05) is 30.0 Å². The number of thioether (sulfide) groups is 1. The number of ether oxygens (including phenoxy) is 1. The van der Waals surface area contributed by atoms with E-state index in [2.05, 4.69) is 26.8 Å². The summed E-state index contributed by atoms with van der Waals surface area (Å²) >= 11 is 1.86. The zero-order chi connectivity index (χ0) is 12.0. The standard InChI is InChI=1S/C13H17NOS/c1-13(2,3)16-9-8-15-12-7-5-4-6-11(12)10-14/h4-7H,8-9H2,1-3H3. The van der Waals surface area contributed by atoms with Gasteiger partial charge >= 0.3 is 0 Å². The first kappa shape index (κ1) is 12.9. The predicted molar refractivity (Wildman–Crippen MR) is 68.9 cm³/mol. The van der Waals surface area contributed by atoms with E-state index in [0.29, 0.717) is 17.9 Å². The molecule has 0 unspecified atom stereocenters. The Balaban J connectivity index is 2.41. The molecule has 0 atom stereocenters. The molecule has 1 rings (SSSR count). The van der Waals surface area contributed by atoms with Crippen LogP contribution in [0.5, 0.6) is 5.75 Å². The highest BCUT2D eigenvalue weighted by Gasteiger charge is 2.10. The van der Waals surface area contributed by atoms with E-state index in [-0.39, 0.29) is 4.75 Å². The van der Waals surface area contributed by atoms with Crippen molar-refractivity contribution in [2.24, 2.45) is 0 Å². The van der Waals surface area contributed by atoms with Gasteiger partial charge in [-0.05, 0) is 12.1 Å². The molecule has 0 aromatic heterocycles. The quantitative estimate of drug-likeness (QED) is 0.749. The molecule has 1 aromatic carbocycles. The molecule has 0 bridgehead atoms. The lowest BCUT2D eigenvalue weighted by Crippen LogP contribution is -2.12. The summed E-state index contributed by atoms with van der Waals surface area (Å²) in [7, 11) is 0. The number of nitrogens with zero attached hydrogens (tertiary/aromatic N) is 1. The molecule has 0 saturated heterocycles. The van der Waals surface area contributed by atoms with E-state index >= 15 is 0 Å². The Hall–Kier alpha value is -1.14. The fourth-order valence-electron chi connectivity index (χ4n) is 1.18. The van der Waals surface area contributed by atoms with E-state index in [1.165, 1.54) is 0 Å². The lowest BCUT2D eigenvalue weighted by molar-refractivity contribution is 0.342. The lowest BCUT2D eigenvalue weighted by Gasteiger charge is -2.17. The van der Waals surface area contributed by atoms with Gasteiger partial charge in [-0.2, -0.15) is 17.0 Å². The normalized spacial score (nSPS) is 10.9. The third-order valence-corrected chi connectivity index (χ3v) is 3.12. The van der Waals surface area contributed by atoms with Crippen LogP contribution in [0.25, 0.3) is 0 Å². The van der Waals surface area contributed by atoms with E-state index in [1.54, 1.807) is 6.07 Å². The molecule has 86 valence electrons. The van der Waals surface area contributed by atoms with Gasteiger partial charge in [0.2, 0.25) is 0 Å². The zero-order valence-corrected chi connectivity index (χ0v) is 10.8. The summed E-state index contributed by atoms with van der Waals surface area (Å²) in [6.45, 7) is 7.18. The molecular weight excluding hydrogens is 218 g/mol. The highest BCUT2D eigenvalue weighted by Crippen LogP contribution is 2.23. The highest BCUT2D eigenvalue weighted by atomic mass is 32.2. The van der Waals surface area contributed by atoms with Gasteiger partial charge in [0.15, 0.2) is 0 Å². The average Bonchev–Trinajstić information content (AvgIpc) is 2.23. The number of rotatable bonds is 4. The van der Waals surface area contributed by atoms with Crippen LogP contribution in [-0.2, 0) is 0 Å². The zero-order valence-electron chi connectivity index (χ0n) is 9.99. The predicted octanol–water partition coefficient (Wildman–Crippen LogP) is 3.47. The fraction of sp³-hybridized carbons (Fsp3) is 0.462. The van der Waals surface area contributed by atoms with Crippen LogP contribution in [0.15, 0.2) is 24.3 Å². The minimum absolute atomic E-state index is 0.262. The number of nitriles is 1. The first-order valence-electron chi connectivity index (χ1n) is 5.29. The Morgan fingerprint density at radius 2 is 2.00 bits per heavy atom. The average molecular weight is 235 g/mol. The van der Waals surface area contributed by atoms with Gasteiger partial charge < -0.3 is 4.74 Å². The summed E-state index contributed by atoms with van der Waals surface area (Å²) < 4.78 is 5.84. The van der Waals surface area contributed by atoms with Crippen molar-refractivity contribution in [2.75, 3.05) is 12.4 Å². The molecule has 0 spiro atoms. The number of para-hydroxylation sites is 1. The van der Waals surface area contributed by atoms with Crippen LogP contribution in [0.4, 0.5) is 0 Å². The molecule has 0 fully saturated rings. The molecule has 0 aliphatic heterocycles. The molecule has 0 saturated carbocycles. The van der Waals surface area contributed by atoms with Crippen LogP contribution in [0.2, 0.25) is 0 Å². The van der Waals surface area contributed by atoms with Gasteiger partial charge in [0.1, 0.15) is 11.8 Å². The summed E-state index contributed by atoms with van der Waals surface area (Å²) in [6.07, 6.45) is 0. The fourth-order valence-corrected chi connectivity index (χ4v) is 1.96. The summed E-state index contributed by atoms with van der Waals surface area (Å²) in [5.41, 5.74) is 0.600. The first-order chi connectivity index (χ1) is 7.53. The van der Waals surface area contributed by atoms with Crippen LogP contribution < -0.4 is 4.74 Å². The number of hydrogen-bond acceptors (Lipinski definition) is 3. The number of benzene rings is 1. The maximum Gasteiger partial charge on any atom is 0.137 e. The second-order valence-corrected chi connectivity index (χ2v) is 6.34. The molecule has 2 nitrogen and oxygen atoms in total. The molecule has 0 N–H and O–H groups in total. The van der Waals surface area contributed by atoms with Gasteiger partial charge in [-0.15, -0.1) is 0 Å². The van der Waals surface area contributed by atoms with Crippen molar-refractivity contribution in [3.63, 3.8) is 0 Å².